The second-order valence-electron chi connectivity index (χ2n) is 5.56. The molecule has 0 saturated heterocycles. The molecule has 0 aliphatic rings. The number of carbonyl (C=O) groups excluding carboxylic acids is 2. The fourth-order valence-electron chi connectivity index (χ4n) is 2.51. The third-order valence-electron chi connectivity index (χ3n) is 3.87. The van der Waals surface area contributed by atoms with E-state index < -0.39 is 11.7 Å². The van der Waals surface area contributed by atoms with Gasteiger partial charge in [-0.2, -0.15) is 0 Å². The molecule has 4 nitrogen and oxygen atoms in total. The lowest BCUT2D eigenvalue weighted by molar-refractivity contribution is 0.0996. The maximum atomic E-state index is 13.1. The van der Waals surface area contributed by atoms with E-state index in [1.165, 1.54) is 24.3 Å². The van der Waals surface area contributed by atoms with Crippen LogP contribution in [0.3, 0.4) is 0 Å². The first-order valence-corrected chi connectivity index (χ1v) is 7.93. The third kappa shape index (κ3) is 3.78. The molecule has 130 valence electrons. The Morgan fingerprint density at radius 1 is 0.846 bits per heavy atom. The van der Waals surface area contributed by atoms with Gasteiger partial charge in [-0.3, -0.25) is 9.59 Å². The fourth-order valence-corrected chi connectivity index (χ4v) is 2.51. The Morgan fingerprint density at radius 3 is 2.08 bits per heavy atom. The SMILES string of the molecule is COc1ccc(NC(=O)c2ccccc2C(=O)c2ccc(F)cc2)cc1. The normalized spacial score (nSPS) is 10.2. The van der Waals surface area contributed by atoms with Crippen LogP contribution < -0.4 is 10.1 Å². The summed E-state index contributed by atoms with van der Waals surface area (Å²) in [5.74, 6) is -0.492. The van der Waals surface area contributed by atoms with Crippen LogP contribution in [0.4, 0.5) is 10.1 Å². The molecule has 3 aromatic rings. The van der Waals surface area contributed by atoms with Gasteiger partial charge in [-0.1, -0.05) is 18.2 Å². The number of ketones is 1. The molecular formula is C21H16FNO3. The summed E-state index contributed by atoms with van der Waals surface area (Å²) >= 11 is 0. The van der Waals surface area contributed by atoms with Crippen LogP contribution in [0.25, 0.3) is 0 Å². The number of carbonyl (C=O) groups is 2. The van der Waals surface area contributed by atoms with Crippen molar-refractivity contribution < 1.29 is 18.7 Å². The van der Waals surface area contributed by atoms with Crippen molar-refractivity contribution in [2.75, 3.05) is 12.4 Å². The van der Waals surface area contributed by atoms with Crippen molar-refractivity contribution >= 4 is 17.4 Å². The molecule has 0 heterocycles. The standard InChI is InChI=1S/C21H16FNO3/c1-26-17-12-10-16(11-13-17)23-21(25)19-5-3-2-4-18(19)20(24)14-6-8-15(22)9-7-14/h2-13H,1H3,(H,23,25). The minimum absolute atomic E-state index is 0.248. The number of ether oxygens (including phenoxy) is 1. The third-order valence-corrected chi connectivity index (χ3v) is 3.87. The molecule has 1 amide bonds. The Bertz CT molecular complexity index is 934. The van der Waals surface area contributed by atoms with E-state index in [4.69, 9.17) is 4.74 Å². The molecule has 0 radical (unpaired) electrons. The summed E-state index contributed by atoms with van der Waals surface area (Å²) < 4.78 is 18.2. The van der Waals surface area contributed by atoms with Crippen LogP contribution in [0.1, 0.15) is 26.3 Å². The van der Waals surface area contributed by atoms with E-state index in [1.807, 2.05) is 0 Å². The summed E-state index contributed by atoms with van der Waals surface area (Å²) in [4.78, 5) is 25.3. The quantitative estimate of drug-likeness (QED) is 0.698. The summed E-state index contributed by atoms with van der Waals surface area (Å²) in [7, 11) is 1.56. The molecule has 0 aliphatic heterocycles. The topological polar surface area (TPSA) is 55.4 Å². The highest BCUT2D eigenvalue weighted by Crippen LogP contribution is 2.19. The van der Waals surface area contributed by atoms with Gasteiger partial charge >= 0.3 is 0 Å². The predicted octanol–water partition coefficient (Wildman–Crippen LogP) is 4.32. The second-order valence-corrected chi connectivity index (χ2v) is 5.56. The number of methoxy groups -OCH3 is 1. The van der Waals surface area contributed by atoms with Crippen molar-refractivity contribution in [1.29, 1.82) is 0 Å². The zero-order valence-electron chi connectivity index (χ0n) is 14.0. The maximum absolute atomic E-state index is 13.1. The van der Waals surface area contributed by atoms with Gasteiger partial charge in [-0.25, -0.2) is 4.39 Å². The zero-order chi connectivity index (χ0) is 18.5. The number of benzene rings is 3. The number of hydrogen-bond donors (Lipinski definition) is 1. The molecule has 5 heteroatoms. The lowest BCUT2D eigenvalue weighted by atomic mass is 9.98. The largest absolute Gasteiger partial charge is 0.497 e. The molecule has 3 aromatic carbocycles. The molecule has 0 fully saturated rings. The first-order valence-electron chi connectivity index (χ1n) is 7.93. The van der Waals surface area contributed by atoms with Crippen molar-refractivity contribution in [2.24, 2.45) is 0 Å². The van der Waals surface area contributed by atoms with Gasteiger partial charge in [0.15, 0.2) is 5.78 Å². The van der Waals surface area contributed by atoms with Gasteiger partial charge in [-0.05, 0) is 54.6 Å². The minimum Gasteiger partial charge on any atom is -0.497 e. The number of halogens is 1. The molecule has 26 heavy (non-hydrogen) atoms. The van der Waals surface area contributed by atoms with Crippen LogP contribution in [-0.4, -0.2) is 18.8 Å². The van der Waals surface area contributed by atoms with Gasteiger partial charge < -0.3 is 10.1 Å². The van der Waals surface area contributed by atoms with Crippen molar-refractivity contribution in [2.45, 2.75) is 0 Å². The van der Waals surface area contributed by atoms with E-state index in [9.17, 15) is 14.0 Å². The van der Waals surface area contributed by atoms with Gasteiger partial charge in [0.2, 0.25) is 0 Å². The number of anilines is 1. The molecule has 0 unspecified atom stereocenters. The van der Waals surface area contributed by atoms with Gasteiger partial charge in [0.05, 0.1) is 12.7 Å². The van der Waals surface area contributed by atoms with Gasteiger partial charge in [-0.15, -0.1) is 0 Å². The molecule has 0 spiro atoms. The van der Waals surface area contributed by atoms with E-state index in [1.54, 1.807) is 55.6 Å². The van der Waals surface area contributed by atoms with Gasteiger partial charge in [0, 0.05) is 16.8 Å². The number of nitrogens with one attached hydrogen (secondary N) is 1. The van der Waals surface area contributed by atoms with Crippen LogP contribution in [-0.2, 0) is 0 Å². The predicted molar refractivity (Wildman–Crippen MR) is 97.2 cm³/mol. The Kier molecular flexibility index (Phi) is 5.08. The zero-order valence-corrected chi connectivity index (χ0v) is 14.0. The minimum atomic E-state index is -0.424. The van der Waals surface area contributed by atoms with Crippen LogP contribution in [0.5, 0.6) is 5.75 Å². The lowest BCUT2D eigenvalue weighted by Gasteiger charge is -2.10. The van der Waals surface area contributed by atoms with E-state index in [-0.39, 0.29) is 16.9 Å². The number of amides is 1. The Balaban J connectivity index is 1.87. The second kappa shape index (κ2) is 7.61. The highest BCUT2D eigenvalue weighted by molar-refractivity contribution is 6.17. The molecular weight excluding hydrogens is 333 g/mol. The lowest BCUT2D eigenvalue weighted by Crippen LogP contribution is -2.17. The van der Waals surface area contributed by atoms with Crippen LogP contribution in [0, 0.1) is 5.82 Å². The van der Waals surface area contributed by atoms with Crippen molar-refractivity contribution in [3.05, 3.63) is 95.3 Å². The Labute approximate surface area is 150 Å². The highest BCUT2D eigenvalue weighted by atomic mass is 19.1. The molecule has 0 bridgehead atoms. The summed E-state index contributed by atoms with van der Waals surface area (Å²) in [5.41, 5.74) is 1.40. The average molecular weight is 349 g/mol. The van der Waals surface area contributed by atoms with E-state index >= 15 is 0 Å². The number of rotatable bonds is 5. The van der Waals surface area contributed by atoms with Crippen LogP contribution >= 0.6 is 0 Å². The monoisotopic (exact) mass is 349 g/mol. The molecule has 0 aliphatic carbocycles. The van der Waals surface area contributed by atoms with Crippen molar-refractivity contribution in [3.63, 3.8) is 0 Å². The van der Waals surface area contributed by atoms with E-state index in [0.717, 1.165) is 0 Å². The molecule has 1 N–H and O–H groups in total. The first-order chi connectivity index (χ1) is 12.6. The average Bonchev–Trinajstić information content (AvgIpc) is 2.68. The van der Waals surface area contributed by atoms with Gasteiger partial charge in [0.1, 0.15) is 11.6 Å². The Morgan fingerprint density at radius 2 is 1.46 bits per heavy atom. The van der Waals surface area contributed by atoms with Gasteiger partial charge in [0.25, 0.3) is 5.91 Å². The van der Waals surface area contributed by atoms with Crippen LogP contribution in [0.15, 0.2) is 72.8 Å². The summed E-state index contributed by atoms with van der Waals surface area (Å²) in [6.07, 6.45) is 0. The summed E-state index contributed by atoms with van der Waals surface area (Å²) in [6.45, 7) is 0. The fraction of sp³-hybridized carbons (Fsp3) is 0.0476. The van der Waals surface area contributed by atoms with E-state index in [0.29, 0.717) is 17.0 Å². The maximum Gasteiger partial charge on any atom is 0.256 e. The molecule has 0 saturated carbocycles. The highest BCUT2D eigenvalue weighted by Gasteiger charge is 2.18. The number of hydrogen-bond acceptors (Lipinski definition) is 3. The van der Waals surface area contributed by atoms with Crippen molar-refractivity contribution in [3.8, 4) is 5.75 Å². The Hall–Kier alpha value is -3.47. The summed E-state index contributed by atoms with van der Waals surface area (Å²) in [5, 5.41) is 2.76. The first kappa shape index (κ1) is 17.4. The molecule has 0 atom stereocenters. The molecule has 0 aromatic heterocycles. The van der Waals surface area contributed by atoms with Crippen LogP contribution in [0.2, 0.25) is 0 Å². The smallest absolute Gasteiger partial charge is 0.256 e. The van der Waals surface area contributed by atoms with E-state index in [2.05, 4.69) is 5.32 Å². The molecule has 3 rings (SSSR count). The summed E-state index contributed by atoms with van der Waals surface area (Å²) in [6, 6.07) is 18.6. The van der Waals surface area contributed by atoms with Crippen molar-refractivity contribution in [1.82, 2.24) is 0 Å².